The van der Waals surface area contributed by atoms with Crippen molar-refractivity contribution in [3.63, 3.8) is 0 Å². The molecule has 4 aromatic rings. The molecule has 4 rings (SSSR count). The molecule has 0 unspecified atom stereocenters. The van der Waals surface area contributed by atoms with Gasteiger partial charge in [-0.25, -0.2) is 15.0 Å². The van der Waals surface area contributed by atoms with Crippen LogP contribution in [0.1, 0.15) is 16.2 Å². The molecule has 0 aliphatic carbocycles. The smallest absolute Gasteiger partial charge is 0.261 e. The topological polar surface area (TPSA) is 98.0 Å². The van der Waals surface area contributed by atoms with E-state index in [0.29, 0.717) is 28.7 Å². The zero-order valence-electron chi connectivity index (χ0n) is 13.3. The second-order valence-corrected chi connectivity index (χ2v) is 5.33. The summed E-state index contributed by atoms with van der Waals surface area (Å²) in [6, 6.07) is 11.2. The molecule has 8 heteroatoms. The van der Waals surface area contributed by atoms with Crippen LogP contribution in [-0.2, 0) is 0 Å². The van der Waals surface area contributed by atoms with Gasteiger partial charge >= 0.3 is 0 Å². The molecule has 1 N–H and O–H groups in total. The quantitative estimate of drug-likeness (QED) is 0.617. The Morgan fingerprint density at radius 1 is 1.12 bits per heavy atom. The van der Waals surface area contributed by atoms with E-state index in [0.717, 1.165) is 5.56 Å². The fraction of sp³-hybridized carbons (Fsp3) is 0.0588. The summed E-state index contributed by atoms with van der Waals surface area (Å²) in [6.45, 7) is 1.79. The van der Waals surface area contributed by atoms with Gasteiger partial charge in [0.1, 0.15) is 12.2 Å². The minimum Gasteiger partial charge on any atom is -0.291 e. The van der Waals surface area contributed by atoms with Crippen molar-refractivity contribution in [1.82, 2.24) is 29.5 Å². The molecule has 0 bridgehead atoms. The molecule has 0 fully saturated rings. The molecule has 0 saturated heterocycles. The number of fused-ring (bicyclic) bond motifs is 1. The zero-order valence-corrected chi connectivity index (χ0v) is 13.3. The van der Waals surface area contributed by atoms with Gasteiger partial charge in [0.2, 0.25) is 5.95 Å². The third kappa shape index (κ3) is 2.80. The van der Waals surface area contributed by atoms with Gasteiger partial charge in [-0.05, 0) is 6.92 Å². The van der Waals surface area contributed by atoms with Crippen molar-refractivity contribution in [1.29, 1.82) is 0 Å². The largest absolute Gasteiger partial charge is 0.291 e. The lowest BCUT2D eigenvalue weighted by molar-refractivity contribution is 0.102. The molecule has 0 radical (unpaired) electrons. The van der Waals surface area contributed by atoms with Gasteiger partial charge in [0.15, 0.2) is 5.65 Å². The third-order valence-corrected chi connectivity index (χ3v) is 3.65. The number of rotatable bonds is 3. The number of nitrogens with zero attached hydrogens (tertiary/aromatic N) is 6. The second kappa shape index (κ2) is 6.08. The summed E-state index contributed by atoms with van der Waals surface area (Å²) in [4.78, 5) is 25.6. The highest BCUT2D eigenvalue weighted by molar-refractivity contribution is 6.07. The molecular formula is C17H13N7O. The van der Waals surface area contributed by atoms with Gasteiger partial charge in [-0.3, -0.25) is 14.5 Å². The zero-order chi connectivity index (χ0) is 17.2. The predicted molar refractivity (Wildman–Crippen MR) is 90.9 cm³/mol. The Labute approximate surface area is 142 Å². The molecule has 0 spiro atoms. The van der Waals surface area contributed by atoms with Gasteiger partial charge in [0, 0.05) is 24.0 Å². The minimum absolute atomic E-state index is 0.326. The Bertz CT molecular complexity index is 1060. The summed E-state index contributed by atoms with van der Waals surface area (Å²) in [5.41, 5.74) is 2.37. The van der Waals surface area contributed by atoms with E-state index < -0.39 is 0 Å². The van der Waals surface area contributed by atoms with Crippen LogP contribution in [0.4, 0.5) is 5.95 Å². The van der Waals surface area contributed by atoms with E-state index in [2.05, 4.69) is 30.5 Å². The number of nitrogens with one attached hydrogen (secondary N) is 1. The summed E-state index contributed by atoms with van der Waals surface area (Å²) < 4.78 is 1.59. The molecule has 1 aromatic carbocycles. The first-order valence-electron chi connectivity index (χ1n) is 7.57. The molecule has 122 valence electrons. The minimum atomic E-state index is -0.354. The molecule has 3 heterocycles. The number of hydrogen-bond acceptors (Lipinski definition) is 6. The van der Waals surface area contributed by atoms with Crippen LogP contribution in [0.2, 0.25) is 0 Å². The summed E-state index contributed by atoms with van der Waals surface area (Å²) in [7, 11) is 0. The van der Waals surface area contributed by atoms with Crippen LogP contribution in [0.25, 0.3) is 16.9 Å². The third-order valence-electron chi connectivity index (χ3n) is 3.65. The van der Waals surface area contributed by atoms with Gasteiger partial charge in [-0.2, -0.15) is 0 Å². The van der Waals surface area contributed by atoms with Crippen LogP contribution in [0, 0.1) is 6.92 Å². The number of aryl methyl sites for hydroxylation is 1. The molecule has 0 saturated carbocycles. The Balaban J connectivity index is 1.75. The lowest BCUT2D eigenvalue weighted by Crippen LogP contribution is -2.17. The van der Waals surface area contributed by atoms with Crippen LogP contribution in [0.3, 0.4) is 0 Å². The molecule has 0 atom stereocenters. The van der Waals surface area contributed by atoms with Crippen LogP contribution >= 0.6 is 0 Å². The van der Waals surface area contributed by atoms with Crippen molar-refractivity contribution < 1.29 is 4.79 Å². The van der Waals surface area contributed by atoms with Gasteiger partial charge in [-0.1, -0.05) is 30.3 Å². The standard InChI is InChI=1S/C17H13N7O/c1-11-19-9-13(15(21-11)12-5-3-2-4-6-12)16(25)22-17-18-8-7-14-23-20-10-24(14)17/h2-10H,1H3,(H,18,22,25). The first-order chi connectivity index (χ1) is 12.2. The Morgan fingerprint density at radius 2 is 1.96 bits per heavy atom. The van der Waals surface area contributed by atoms with Crippen LogP contribution in [0.15, 0.2) is 55.1 Å². The van der Waals surface area contributed by atoms with Gasteiger partial charge in [0.05, 0.1) is 11.3 Å². The first-order valence-corrected chi connectivity index (χ1v) is 7.57. The number of carbonyl (C=O) groups excluding carboxylic acids is 1. The lowest BCUT2D eigenvalue weighted by Gasteiger charge is -2.10. The van der Waals surface area contributed by atoms with E-state index in [4.69, 9.17) is 0 Å². The molecular weight excluding hydrogens is 318 g/mol. The van der Waals surface area contributed by atoms with Gasteiger partial charge in [0.25, 0.3) is 5.91 Å². The average Bonchev–Trinajstić information content (AvgIpc) is 3.12. The fourth-order valence-corrected chi connectivity index (χ4v) is 2.47. The van der Waals surface area contributed by atoms with Crippen molar-refractivity contribution in [2.75, 3.05) is 5.32 Å². The van der Waals surface area contributed by atoms with Gasteiger partial charge in [-0.15, -0.1) is 10.2 Å². The normalized spacial score (nSPS) is 10.8. The molecule has 1 amide bonds. The van der Waals surface area contributed by atoms with E-state index in [1.165, 1.54) is 12.5 Å². The van der Waals surface area contributed by atoms with E-state index >= 15 is 0 Å². The average molecular weight is 331 g/mol. The molecule has 0 aliphatic rings. The Morgan fingerprint density at radius 3 is 2.80 bits per heavy atom. The SMILES string of the molecule is Cc1ncc(C(=O)Nc2nccc3nncn23)c(-c2ccccc2)n1. The number of amides is 1. The Hall–Kier alpha value is -3.68. The van der Waals surface area contributed by atoms with Crippen molar-refractivity contribution in [3.05, 3.63) is 66.5 Å². The van der Waals surface area contributed by atoms with E-state index in [-0.39, 0.29) is 5.91 Å². The highest BCUT2D eigenvalue weighted by atomic mass is 16.1. The maximum Gasteiger partial charge on any atom is 0.261 e. The maximum absolute atomic E-state index is 12.8. The summed E-state index contributed by atoms with van der Waals surface area (Å²) >= 11 is 0. The second-order valence-electron chi connectivity index (χ2n) is 5.33. The lowest BCUT2D eigenvalue weighted by atomic mass is 10.1. The number of carbonyl (C=O) groups is 1. The summed E-state index contributed by atoms with van der Waals surface area (Å²) in [5.74, 6) is 0.564. The molecule has 3 aromatic heterocycles. The maximum atomic E-state index is 12.8. The highest BCUT2D eigenvalue weighted by Gasteiger charge is 2.17. The van der Waals surface area contributed by atoms with E-state index in [1.807, 2.05) is 30.3 Å². The highest BCUT2D eigenvalue weighted by Crippen LogP contribution is 2.21. The Kier molecular flexibility index (Phi) is 3.62. The van der Waals surface area contributed by atoms with E-state index in [9.17, 15) is 4.79 Å². The van der Waals surface area contributed by atoms with Crippen LogP contribution < -0.4 is 5.32 Å². The van der Waals surface area contributed by atoms with E-state index in [1.54, 1.807) is 23.6 Å². The predicted octanol–water partition coefficient (Wildman–Crippen LogP) is 2.14. The van der Waals surface area contributed by atoms with Crippen molar-refractivity contribution in [3.8, 4) is 11.3 Å². The number of benzene rings is 1. The summed E-state index contributed by atoms with van der Waals surface area (Å²) in [5, 5.41) is 10.5. The van der Waals surface area contributed by atoms with Crippen LogP contribution in [0.5, 0.6) is 0 Å². The van der Waals surface area contributed by atoms with Crippen LogP contribution in [-0.4, -0.2) is 35.5 Å². The molecule has 8 nitrogen and oxygen atoms in total. The number of anilines is 1. The molecule has 0 aliphatic heterocycles. The number of hydrogen-bond donors (Lipinski definition) is 1. The van der Waals surface area contributed by atoms with Gasteiger partial charge < -0.3 is 0 Å². The monoisotopic (exact) mass is 331 g/mol. The summed E-state index contributed by atoms with van der Waals surface area (Å²) in [6.07, 6.45) is 4.57. The van der Waals surface area contributed by atoms with Crippen molar-refractivity contribution >= 4 is 17.5 Å². The fourth-order valence-electron chi connectivity index (χ4n) is 2.47. The van der Waals surface area contributed by atoms with Crippen molar-refractivity contribution in [2.45, 2.75) is 6.92 Å². The molecule has 25 heavy (non-hydrogen) atoms. The number of aromatic nitrogens is 6. The van der Waals surface area contributed by atoms with Crippen molar-refractivity contribution in [2.24, 2.45) is 0 Å². The first kappa shape index (κ1) is 14.9.